The van der Waals surface area contributed by atoms with Gasteiger partial charge in [-0.15, -0.1) is 0 Å². The molecule has 0 bridgehead atoms. The molecule has 6 rings (SSSR count). The molecule has 2 aliphatic rings. The molecule has 1 N–H and O–H groups in total. The smallest absolute Gasteiger partial charge is 0.307 e. The Balaban J connectivity index is 1.36. The van der Waals surface area contributed by atoms with Crippen LogP contribution in [0, 0.1) is 12.8 Å². The van der Waals surface area contributed by atoms with E-state index in [2.05, 4.69) is 38.7 Å². The van der Waals surface area contributed by atoms with Crippen molar-refractivity contribution in [1.82, 2.24) is 14.5 Å². The number of ether oxygens (including phenoxy) is 1. The lowest BCUT2D eigenvalue weighted by molar-refractivity contribution is -0.143. The average molecular weight is 539 g/mol. The van der Waals surface area contributed by atoms with Gasteiger partial charge in [-0.05, 0) is 80.5 Å². The molecule has 1 saturated carbocycles. The SMILES string of the molecule is Cc1ccc(COc2ccc3nc([C@@H]4CCCC[C@H]4C(=O)O)n(Cc4cccc(N5CCCCC5)c4)c3c2)nc1. The molecular formula is C33H38N4O3. The first kappa shape index (κ1) is 26.4. The summed E-state index contributed by atoms with van der Waals surface area (Å²) < 4.78 is 8.40. The zero-order valence-electron chi connectivity index (χ0n) is 23.3. The number of imidazole rings is 1. The highest BCUT2D eigenvalue weighted by molar-refractivity contribution is 5.79. The van der Waals surface area contributed by atoms with Gasteiger partial charge in [0.2, 0.25) is 0 Å². The molecule has 1 aliphatic heterocycles. The van der Waals surface area contributed by atoms with Crippen molar-refractivity contribution in [3.8, 4) is 5.75 Å². The van der Waals surface area contributed by atoms with Crippen LogP contribution in [0.25, 0.3) is 11.0 Å². The number of aryl methyl sites for hydroxylation is 1. The molecule has 2 aromatic carbocycles. The van der Waals surface area contributed by atoms with Crippen LogP contribution in [0.3, 0.4) is 0 Å². The molecule has 0 radical (unpaired) electrons. The lowest BCUT2D eigenvalue weighted by Gasteiger charge is -2.30. The third kappa shape index (κ3) is 5.69. The molecule has 40 heavy (non-hydrogen) atoms. The van der Waals surface area contributed by atoms with Crippen molar-refractivity contribution in [3.05, 3.63) is 83.4 Å². The molecule has 0 amide bonds. The van der Waals surface area contributed by atoms with E-state index < -0.39 is 11.9 Å². The molecule has 2 fully saturated rings. The lowest BCUT2D eigenvalue weighted by Crippen LogP contribution is -2.29. The topological polar surface area (TPSA) is 80.5 Å². The molecule has 208 valence electrons. The van der Waals surface area contributed by atoms with E-state index in [-0.39, 0.29) is 5.92 Å². The first-order chi connectivity index (χ1) is 19.5. The van der Waals surface area contributed by atoms with Crippen molar-refractivity contribution in [2.75, 3.05) is 18.0 Å². The Morgan fingerprint density at radius 1 is 1.00 bits per heavy atom. The van der Waals surface area contributed by atoms with Gasteiger partial charge in [0.05, 0.1) is 22.6 Å². The number of carbonyl (C=O) groups is 1. The number of aromatic nitrogens is 3. The fourth-order valence-electron chi connectivity index (χ4n) is 6.32. The third-order valence-corrected chi connectivity index (χ3v) is 8.50. The van der Waals surface area contributed by atoms with Gasteiger partial charge in [0, 0.05) is 43.5 Å². The number of carboxylic acids is 1. The van der Waals surface area contributed by atoms with Gasteiger partial charge in [-0.3, -0.25) is 9.78 Å². The van der Waals surface area contributed by atoms with Gasteiger partial charge in [0.1, 0.15) is 18.2 Å². The normalized spacial score (nSPS) is 19.6. The zero-order chi connectivity index (χ0) is 27.5. The number of aliphatic carboxylic acids is 1. The van der Waals surface area contributed by atoms with Crippen molar-refractivity contribution in [3.63, 3.8) is 0 Å². The van der Waals surface area contributed by atoms with Gasteiger partial charge >= 0.3 is 5.97 Å². The van der Waals surface area contributed by atoms with Gasteiger partial charge < -0.3 is 19.3 Å². The summed E-state index contributed by atoms with van der Waals surface area (Å²) in [5.41, 5.74) is 6.30. The maximum absolute atomic E-state index is 12.3. The van der Waals surface area contributed by atoms with E-state index in [0.29, 0.717) is 19.6 Å². The van der Waals surface area contributed by atoms with E-state index in [1.165, 1.54) is 30.5 Å². The molecule has 1 saturated heterocycles. The molecular weight excluding hydrogens is 500 g/mol. The van der Waals surface area contributed by atoms with Crippen LogP contribution in [0.4, 0.5) is 5.69 Å². The first-order valence-electron chi connectivity index (χ1n) is 14.7. The minimum Gasteiger partial charge on any atom is -0.487 e. The number of pyridine rings is 1. The Bertz CT molecular complexity index is 1470. The van der Waals surface area contributed by atoms with Crippen LogP contribution in [-0.4, -0.2) is 38.7 Å². The standard InChI is InChI=1S/C33H38N4O3/c1-23-12-13-25(34-20-23)22-40-27-14-15-30-31(19-27)37(32(35-30)28-10-3-4-11-29(28)33(38)39)21-24-8-7-9-26(18-24)36-16-5-2-6-17-36/h7-9,12-15,18-20,28-29H,2-6,10-11,16-17,21-22H2,1H3,(H,38,39)/t28-,29-/m1/s1. The summed E-state index contributed by atoms with van der Waals surface area (Å²) in [6.07, 6.45) is 9.15. The first-order valence-corrected chi connectivity index (χ1v) is 14.7. The third-order valence-electron chi connectivity index (χ3n) is 8.50. The Morgan fingerprint density at radius 2 is 1.85 bits per heavy atom. The summed E-state index contributed by atoms with van der Waals surface area (Å²) in [6, 6.07) is 18.8. The minimum absolute atomic E-state index is 0.106. The second kappa shape index (κ2) is 11.7. The largest absolute Gasteiger partial charge is 0.487 e. The number of benzene rings is 2. The predicted octanol–water partition coefficient (Wildman–Crippen LogP) is 6.72. The Kier molecular flexibility index (Phi) is 7.71. The molecule has 7 nitrogen and oxygen atoms in total. The van der Waals surface area contributed by atoms with Crippen LogP contribution in [0.1, 0.15) is 73.5 Å². The highest BCUT2D eigenvalue weighted by Gasteiger charge is 2.35. The van der Waals surface area contributed by atoms with E-state index in [4.69, 9.17) is 9.72 Å². The number of anilines is 1. The fraction of sp³-hybridized carbons (Fsp3) is 0.424. The van der Waals surface area contributed by atoms with Gasteiger partial charge in [-0.2, -0.15) is 0 Å². The lowest BCUT2D eigenvalue weighted by atomic mass is 9.78. The summed E-state index contributed by atoms with van der Waals surface area (Å²) in [6.45, 7) is 5.24. The van der Waals surface area contributed by atoms with E-state index in [9.17, 15) is 9.90 Å². The van der Waals surface area contributed by atoms with Crippen LogP contribution in [0.2, 0.25) is 0 Å². The summed E-state index contributed by atoms with van der Waals surface area (Å²) in [5, 5.41) is 10.1. The molecule has 7 heteroatoms. The number of nitrogens with zero attached hydrogens (tertiary/aromatic N) is 4. The number of hydrogen-bond acceptors (Lipinski definition) is 5. The van der Waals surface area contributed by atoms with Gasteiger partial charge in [0.15, 0.2) is 0 Å². The maximum Gasteiger partial charge on any atom is 0.307 e. The molecule has 2 aromatic heterocycles. The van der Waals surface area contributed by atoms with E-state index in [0.717, 1.165) is 66.2 Å². The predicted molar refractivity (Wildman–Crippen MR) is 157 cm³/mol. The highest BCUT2D eigenvalue weighted by atomic mass is 16.5. The number of rotatable bonds is 8. The molecule has 0 unspecified atom stereocenters. The molecule has 4 aromatic rings. The summed E-state index contributed by atoms with van der Waals surface area (Å²) >= 11 is 0. The van der Waals surface area contributed by atoms with E-state index in [1.807, 2.05) is 43.5 Å². The summed E-state index contributed by atoms with van der Waals surface area (Å²) in [7, 11) is 0. The van der Waals surface area contributed by atoms with Crippen molar-refractivity contribution in [1.29, 1.82) is 0 Å². The van der Waals surface area contributed by atoms with Crippen molar-refractivity contribution < 1.29 is 14.6 Å². The van der Waals surface area contributed by atoms with E-state index >= 15 is 0 Å². The Hall–Kier alpha value is -3.87. The number of fused-ring (bicyclic) bond motifs is 1. The second-order valence-electron chi connectivity index (χ2n) is 11.4. The number of hydrogen-bond donors (Lipinski definition) is 1. The van der Waals surface area contributed by atoms with Crippen molar-refractivity contribution in [2.24, 2.45) is 5.92 Å². The van der Waals surface area contributed by atoms with Gasteiger partial charge in [-0.1, -0.05) is 31.0 Å². The van der Waals surface area contributed by atoms with Crippen LogP contribution in [0.15, 0.2) is 60.8 Å². The summed E-state index contributed by atoms with van der Waals surface area (Å²) in [5.74, 6) is 0.397. The molecule has 1 aliphatic carbocycles. The van der Waals surface area contributed by atoms with Crippen LogP contribution < -0.4 is 9.64 Å². The second-order valence-corrected chi connectivity index (χ2v) is 11.4. The number of carboxylic acid groups (broad SMARTS) is 1. The van der Waals surface area contributed by atoms with Crippen LogP contribution in [0.5, 0.6) is 5.75 Å². The van der Waals surface area contributed by atoms with Crippen LogP contribution >= 0.6 is 0 Å². The molecule has 3 heterocycles. The fourth-order valence-corrected chi connectivity index (χ4v) is 6.32. The maximum atomic E-state index is 12.3. The van der Waals surface area contributed by atoms with E-state index in [1.54, 1.807) is 0 Å². The van der Waals surface area contributed by atoms with Crippen molar-refractivity contribution >= 4 is 22.7 Å². The van der Waals surface area contributed by atoms with Gasteiger partial charge in [0.25, 0.3) is 0 Å². The Labute approximate surface area is 235 Å². The summed E-state index contributed by atoms with van der Waals surface area (Å²) in [4.78, 5) is 24.3. The van der Waals surface area contributed by atoms with Crippen LogP contribution in [-0.2, 0) is 17.9 Å². The minimum atomic E-state index is -0.718. The van der Waals surface area contributed by atoms with Gasteiger partial charge in [-0.25, -0.2) is 4.98 Å². The Morgan fingerprint density at radius 3 is 2.65 bits per heavy atom. The highest BCUT2D eigenvalue weighted by Crippen LogP contribution is 2.39. The molecule has 2 atom stereocenters. The zero-order valence-corrected chi connectivity index (χ0v) is 23.3. The molecule has 0 spiro atoms. The quantitative estimate of drug-likeness (QED) is 0.268. The average Bonchev–Trinajstić information content (AvgIpc) is 3.34. The monoisotopic (exact) mass is 538 g/mol. The van der Waals surface area contributed by atoms with Crippen molar-refractivity contribution in [2.45, 2.75) is 70.9 Å². The number of piperidine rings is 1.